The number of morpholine rings is 1. The molecule has 2 amide bonds. The SMILES string of the molecule is O=C(NCc1cccnc1)Nc1cc(Cl)ccc1N1CCOCC1. The van der Waals surface area contributed by atoms with Gasteiger partial charge in [0.05, 0.1) is 24.6 Å². The third-order valence-corrected chi connectivity index (χ3v) is 3.97. The Morgan fingerprint density at radius 1 is 1.29 bits per heavy atom. The number of carbonyl (C=O) groups excluding carboxylic acids is 1. The molecule has 7 heteroatoms. The maximum absolute atomic E-state index is 12.2. The van der Waals surface area contributed by atoms with Gasteiger partial charge in [-0.1, -0.05) is 17.7 Å². The van der Waals surface area contributed by atoms with Gasteiger partial charge in [0.2, 0.25) is 0 Å². The lowest BCUT2D eigenvalue weighted by Gasteiger charge is -2.30. The van der Waals surface area contributed by atoms with Gasteiger partial charge in [-0.3, -0.25) is 4.98 Å². The van der Waals surface area contributed by atoms with Crippen LogP contribution in [0.3, 0.4) is 0 Å². The number of urea groups is 1. The van der Waals surface area contributed by atoms with Gasteiger partial charge >= 0.3 is 6.03 Å². The fourth-order valence-corrected chi connectivity index (χ4v) is 2.71. The third-order valence-electron chi connectivity index (χ3n) is 3.73. The number of hydrogen-bond donors (Lipinski definition) is 2. The molecule has 2 heterocycles. The lowest BCUT2D eigenvalue weighted by atomic mass is 10.2. The largest absolute Gasteiger partial charge is 0.378 e. The van der Waals surface area contributed by atoms with E-state index in [1.807, 2.05) is 24.3 Å². The fraction of sp³-hybridized carbons (Fsp3) is 0.294. The van der Waals surface area contributed by atoms with Gasteiger partial charge in [0, 0.05) is 37.1 Å². The maximum Gasteiger partial charge on any atom is 0.319 e. The quantitative estimate of drug-likeness (QED) is 0.893. The van der Waals surface area contributed by atoms with Crippen LogP contribution in [0.2, 0.25) is 5.02 Å². The molecule has 0 atom stereocenters. The van der Waals surface area contributed by atoms with Gasteiger partial charge < -0.3 is 20.3 Å². The van der Waals surface area contributed by atoms with E-state index in [0.717, 1.165) is 24.3 Å². The van der Waals surface area contributed by atoms with E-state index in [1.165, 1.54) is 0 Å². The first-order valence-corrected chi connectivity index (χ1v) is 8.16. The number of nitrogens with zero attached hydrogens (tertiary/aromatic N) is 2. The molecule has 1 fully saturated rings. The molecule has 1 aromatic carbocycles. The summed E-state index contributed by atoms with van der Waals surface area (Å²) in [7, 11) is 0. The molecule has 6 nitrogen and oxygen atoms in total. The summed E-state index contributed by atoms with van der Waals surface area (Å²) in [6.45, 7) is 3.33. The third kappa shape index (κ3) is 4.37. The highest BCUT2D eigenvalue weighted by atomic mass is 35.5. The summed E-state index contributed by atoms with van der Waals surface area (Å²) in [4.78, 5) is 18.4. The molecule has 1 aromatic heterocycles. The van der Waals surface area contributed by atoms with Crippen LogP contribution < -0.4 is 15.5 Å². The number of pyridine rings is 1. The molecule has 126 valence electrons. The predicted molar refractivity (Wildman–Crippen MR) is 94.6 cm³/mol. The van der Waals surface area contributed by atoms with Gasteiger partial charge in [-0.25, -0.2) is 4.79 Å². The maximum atomic E-state index is 12.2. The lowest BCUT2D eigenvalue weighted by Crippen LogP contribution is -2.37. The molecule has 1 saturated heterocycles. The van der Waals surface area contributed by atoms with E-state index in [1.54, 1.807) is 18.5 Å². The Morgan fingerprint density at radius 3 is 2.88 bits per heavy atom. The molecule has 0 bridgehead atoms. The van der Waals surface area contributed by atoms with E-state index in [-0.39, 0.29) is 6.03 Å². The fourth-order valence-electron chi connectivity index (χ4n) is 2.54. The zero-order valence-corrected chi connectivity index (χ0v) is 13.9. The Hall–Kier alpha value is -2.31. The zero-order valence-electron chi connectivity index (χ0n) is 13.2. The monoisotopic (exact) mass is 346 g/mol. The molecule has 0 aliphatic carbocycles. The molecule has 2 N–H and O–H groups in total. The van der Waals surface area contributed by atoms with Crippen molar-refractivity contribution in [2.24, 2.45) is 0 Å². The molecule has 3 rings (SSSR count). The van der Waals surface area contributed by atoms with Crippen LogP contribution in [0.1, 0.15) is 5.56 Å². The number of amides is 2. The zero-order chi connectivity index (χ0) is 16.8. The Morgan fingerprint density at radius 2 is 2.12 bits per heavy atom. The Labute approximate surface area is 145 Å². The summed E-state index contributed by atoms with van der Waals surface area (Å²) < 4.78 is 5.38. The number of rotatable bonds is 4. The van der Waals surface area contributed by atoms with Crippen molar-refractivity contribution in [3.05, 3.63) is 53.3 Å². The summed E-state index contributed by atoms with van der Waals surface area (Å²) >= 11 is 6.09. The number of nitrogens with one attached hydrogen (secondary N) is 2. The molecule has 0 spiro atoms. The van der Waals surface area contributed by atoms with E-state index in [2.05, 4.69) is 20.5 Å². The molecular formula is C17H19ClN4O2. The van der Waals surface area contributed by atoms with Crippen molar-refractivity contribution >= 4 is 29.0 Å². The Bertz CT molecular complexity index is 690. The first-order valence-electron chi connectivity index (χ1n) is 7.78. The molecule has 24 heavy (non-hydrogen) atoms. The van der Waals surface area contributed by atoms with Gasteiger partial charge in [0.1, 0.15) is 0 Å². The minimum absolute atomic E-state index is 0.282. The highest BCUT2D eigenvalue weighted by Crippen LogP contribution is 2.29. The van der Waals surface area contributed by atoms with Crippen LogP contribution in [0, 0.1) is 0 Å². The average molecular weight is 347 g/mol. The number of ether oxygens (including phenoxy) is 1. The van der Waals surface area contributed by atoms with Gasteiger partial charge in [0.25, 0.3) is 0 Å². The van der Waals surface area contributed by atoms with Crippen molar-refractivity contribution in [1.29, 1.82) is 0 Å². The number of carbonyl (C=O) groups is 1. The second-order valence-corrected chi connectivity index (χ2v) is 5.87. The number of anilines is 2. The summed E-state index contributed by atoms with van der Waals surface area (Å²) in [5.74, 6) is 0. The number of benzene rings is 1. The van der Waals surface area contributed by atoms with Gasteiger partial charge in [-0.05, 0) is 29.8 Å². The molecular weight excluding hydrogens is 328 g/mol. The van der Waals surface area contributed by atoms with Crippen LogP contribution in [-0.2, 0) is 11.3 Å². The van der Waals surface area contributed by atoms with Gasteiger partial charge in [-0.15, -0.1) is 0 Å². The first-order chi connectivity index (χ1) is 11.7. The van der Waals surface area contributed by atoms with Crippen LogP contribution in [-0.4, -0.2) is 37.3 Å². The van der Waals surface area contributed by atoms with Crippen molar-refractivity contribution in [2.75, 3.05) is 36.5 Å². The van der Waals surface area contributed by atoms with E-state index in [0.29, 0.717) is 30.5 Å². The lowest BCUT2D eigenvalue weighted by molar-refractivity contribution is 0.123. The number of hydrogen-bond acceptors (Lipinski definition) is 4. The van der Waals surface area contributed by atoms with Crippen molar-refractivity contribution in [1.82, 2.24) is 10.3 Å². The van der Waals surface area contributed by atoms with Crippen molar-refractivity contribution < 1.29 is 9.53 Å². The van der Waals surface area contributed by atoms with E-state index in [4.69, 9.17) is 16.3 Å². The molecule has 2 aromatic rings. The second-order valence-electron chi connectivity index (χ2n) is 5.43. The standard InChI is InChI=1S/C17H19ClN4O2/c18-14-3-4-16(22-6-8-24-9-7-22)15(10-14)21-17(23)20-12-13-2-1-5-19-11-13/h1-5,10-11H,6-9,12H2,(H2,20,21,23). The molecule has 0 unspecified atom stereocenters. The van der Waals surface area contributed by atoms with E-state index >= 15 is 0 Å². The predicted octanol–water partition coefficient (Wildman–Crippen LogP) is 2.89. The minimum Gasteiger partial charge on any atom is -0.378 e. The highest BCUT2D eigenvalue weighted by Gasteiger charge is 2.16. The summed E-state index contributed by atoms with van der Waals surface area (Å²) in [6.07, 6.45) is 3.42. The molecule has 1 aliphatic heterocycles. The van der Waals surface area contributed by atoms with Crippen LogP contribution in [0.5, 0.6) is 0 Å². The van der Waals surface area contributed by atoms with Gasteiger partial charge in [0.15, 0.2) is 0 Å². The Kier molecular flexibility index (Phi) is 5.51. The minimum atomic E-state index is -0.282. The average Bonchev–Trinajstić information content (AvgIpc) is 2.62. The second kappa shape index (κ2) is 7.99. The summed E-state index contributed by atoms with van der Waals surface area (Å²) in [5, 5.41) is 6.28. The van der Waals surface area contributed by atoms with E-state index < -0.39 is 0 Å². The normalized spacial score (nSPS) is 14.3. The van der Waals surface area contributed by atoms with E-state index in [9.17, 15) is 4.79 Å². The molecule has 1 aliphatic rings. The van der Waals surface area contributed by atoms with Crippen LogP contribution in [0.15, 0.2) is 42.7 Å². The van der Waals surface area contributed by atoms with Crippen molar-refractivity contribution in [2.45, 2.75) is 6.54 Å². The highest BCUT2D eigenvalue weighted by molar-refractivity contribution is 6.31. The molecule has 0 saturated carbocycles. The molecule has 0 radical (unpaired) electrons. The van der Waals surface area contributed by atoms with Crippen LogP contribution in [0.25, 0.3) is 0 Å². The smallest absolute Gasteiger partial charge is 0.319 e. The van der Waals surface area contributed by atoms with Crippen LogP contribution in [0.4, 0.5) is 16.2 Å². The van der Waals surface area contributed by atoms with Crippen molar-refractivity contribution in [3.8, 4) is 0 Å². The topological polar surface area (TPSA) is 66.5 Å². The summed E-state index contributed by atoms with van der Waals surface area (Å²) in [6, 6.07) is 8.97. The number of aromatic nitrogens is 1. The van der Waals surface area contributed by atoms with Crippen molar-refractivity contribution in [3.63, 3.8) is 0 Å². The van der Waals surface area contributed by atoms with Gasteiger partial charge in [-0.2, -0.15) is 0 Å². The summed E-state index contributed by atoms with van der Waals surface area (Å²) in [5.41, 5.74) is 2.57. The first kappa shape index (κ1) is 16.5. The van der Waals surface area contributed by atoms with Crippen LogP contribution >= 0.6 is 11.6 Å². The number of halogens is 1. The Balaban J connectivity index is 1.66.